The van der Waals surface area contributed by atoms with E-state index in [4.69, 9.17) is 4.74 Å². The van der Waals surface area contributed by atoms with E-state index in [1.165, 1.54) is 14.0 Å². The molecular formula is C17H16O4. The number of para-hydroxylation sites is 1. The second-order valence-electron chi connectivity index (χ2n) is 4.63. The van der Waals surface area contributed by atoms with Gasteiger partial charge in [-0.3, -0.25) is 4.79 Å². The van der Waals surface area contributed by atoms with Crippen LogP contribution in [0, 0.1) is 6.92 Å². The van der Waals surface area contributed by atoms with E-state index in [1.54, 1.807) is 42.5 Å². The molecule has 0 N–H and O–H groups in total. The van der Waals surface area contributed by atoms with Gasteiger partial charge < -0.3 is 9.47 Å². The van der Waals surface area contributed by atoms with Gasteiger partial charge in [0.2, 0.25) is 0 Å². The molecule has 0 aliphatic heterocycles. The summed E-state index contributed by atoms with van der Waals surface area (Å²) >= 11 is 0. The Morgan fingerprint density at radius 1 is 1.00 bits per heavy atom. The fourth-order valence-corrected chi connectivity index (χ4v) is 1.97. The number of rotatable bonds is 4. The summed E-state index contributed by atoms with van der Waals surface area (Å²) in [5.41, 5.74) is 1.77. The summed E-state index contributed by atoms with van der Waals surface area (Å²) in [5, 5.41) is 0. The zero-order valence-electron chi connectivity index (χ0n) is 12.2. The van der Waals surface area contributed by atoms with Crippen molar-refractivity contribution in [3.8, 4) is 11.5 Å². The van der Waals surface area contributed by atoms with Crippen molar-refractivity contribution in [2.24, 2.45) is 0 Å². The number of ketones is 1. The molecule has 4 nitrogen and oxygen atoms in total. The average molecular weight is 284 g/mol. The zero-order valence-corrected chi connectivity index (χ0v) is 12.2. The lowest BCUT2D eigenvalue weighted by Gasteiger charge is -2.12. The van der Waals surface area contributed by atoms with Gasteiger partial charge in [0.15, 0.2) is 5.78 Å². The van der Waals surface area contributed by atoms with Crippen molar-refractivity contribution in [3.05, 3.63) is 59.2 Å². The van der Waals surface area contributed by atoms with Crippen molar-refractivity contribution in [2.75, 3.05) is 7.11 Å². The Kier molecular flexibility index (Phi) is 4.38. The predicted octanol–water partition coefficient (Wildman–Crippen LogP) is 3.78. The molecule has 0 unspecified atom stereocenters. The van der Waals surface area contributed by atoms with E-state index < -0.39 is 5.97 Å². The molecule has 0 saturated carbocycles. The number of benzene rings is 2. The molecular weight excluding hydrogens is 268 g/mol. The van der Waals surface area contributed by atoms with Gasteiger partial charge in [-0.25, -0.2) is 4.79 Å². The van der Waals surface area contributed by atoms with E-state index in [0.717, 1.165) is 5.56 Å². The van der Waals surface area contributed by atoms with Crippen molar-refractivity contribution >= 4 is 11.8 Å². The number of ether oxygens (including phenoxy) is 2. The number of carbonyl (C=O) groups is 2. The molecule has 0 saturated heterocycles. The Morgan fingerprint density at radius 3 is 2.33 bits per heavy atom. The topological polar surface area (TPSA) is 52.6 Å². The van der Waals surface area contributed by atoms with Crippen LogP contribution in [0.1, 0.15) is 33.2 Å². The molecule has 108 valence electrons. The number of hydrogen-bond acceptors (Lipinski definition) is 4. The highest BCUT2D eigenvalue weighted by Crippen LogP contribution is 2.28. The van der Waals surface area contributed by atoms with Crippen LogP contribution in [0.15, 0.2) is 42.5 Å². The van der Waals surface area contributed by atoms with Gasteiger partial charge in [-0.15, -0.1) is 0 Å². The smallest absolute Gasteiger partial charge is 0.337 e. The first-order valence-corrected chi connectivity index (χ1v) is 6.49. The summed E-state index contributed by atoms with van der Waals surface area (Å²) in [5.74, 6) is 0.637. The number of esters is 1. The second-order valence-corrected chi connectivity index (χ2v) is 4.63. The predicted molar refractivity (Wildman–Crippen MR) is 79.0 cm³/mol. The van der Waals surface area contributed by atoms with E-state index in [9.17, 15) is 9.59 Å². The lowest BCUT2D eigenvalue weighted by molar-refractivity contribution is 0.0600. The Morgan fingerprint density at radius 2 is 1.71 bits per heavy atom. The molecule has 2 rings (SSSR count). The minimum absolute atomic E-state index is 0.0607. The van der Waals surface area contributed by atoms with Gasteiger partial charge >= 0.3 is 5.97 Å². The molecule has 0 bridgehead atoms. The third kappa shape index (κ3) is 3.28. The summed E-state index contributed by atoms with van der Waals surface area (Å²) in [7, 11) is 1.34. The average Bonchev–Trinajstić information content (AvgIpc) is 2.48. The minimum atomic E-state index is -0.395. The van der Waals surface area contributed by atoms with Crippen LogP contribution in [-0.2, 0) is 4.74 Å². The fourth-order valence-electron chi connectivity index (χ4n) is 1.97. The molecule has 0 aliphatic rings. The molecule has 2 aromatic rings. The zero-order chi connectivity index (χ0) is 15.4. The van der Waals surface area contributed by atoms with E-state index in [0.29, 0.717) is 22.6 Å². The highest BCUT2D eigenvalue weighted by Gasteiger charge is 2.12. The molecule has 4 heteroatoms. The monoisotopic (exact) mass is 284 g/mol. The molecule has 0 aromatic heterocycles. The van der Waals surface area contributed by atoms with E-state index in [-0.39, 0.29) is 5.78 Å². The molecule has 21 heavy (non-hydrogen) atoms. The van der Waals surface area contributed by atoms with Gasteiger partial charge in [0, 0.05) is 0 Å². The fraction of sp³-hybridized carbons (Fsp3) is 0.176. The third-order valence-electron chi connectivity index (χ3n) is 3.08. The molecule has 0 spiro atoms. The molecule has 0 aliphatic carbocycles. The normalized spacial score (nSPS) is 10.0. The largest absolute Gasteiger partial charge is 0.465 e. The molecule has 0 amide bonds. The van der Waals surface area contributed by atoms with E-state index in [1.807, 2.05) is 6.92 Å². The molecule has 0 radical (unpaired) electrons. The molecule has 0 atom stereocenters. The molecule has 2 aromatic carbocycles. The minimum Gasteiger partial charge on any atom is -0.465 e. The van der Waals surface area contributed by atoms with Gasteiger partial charge in [-0.2, -0.15) is 0 Å². The standard InChI is InChI=1S/C17H16O4/c1-11-10-13(17(19)20-3)8-9-15(11)21-16-7-5-4-6-14(16)12(2)18/h4-10H,1-3H3. The van der Waals surface area contributed by atoms with Gasteiger partial charge in [0.1, 0.15) is 11.5 Å². The van der Waals surface area contributed by atoms with Crippen LogP contribution >= 0.6 is 0 Å². The summed E-state index contributed by atoms with van der Waals surface area (Å²) in [6.07, 6.45) is 0. The number of aryl methyl sites for hydroxylation is 1. The SMILES string of the molecule is COC(=O)c1ccc(Oc2ccccc2C(C)=O)c(C)c1. The number of Topliss-reactive ketones (excluding diaryl/α,β-unsaturated/α-hetero) is 1. The Balaban J connectivity index is 2.33. The van der Waals surface area contributed by atoms with Crippen LogP contribution in [0.5, 0.6) is 11.5 Å². The van der Waals surface area contributed by atoms with Crippen molar-refractivity contribution < 1.29 is 19.1 Å². The highest BCUT2D eigenvalue weighted by atomic mass is 16.5. The maximum Gasteiger partial charge on any atom is 0.337 e. The summed E-state index contributed by atoms with van der Waals surface area (Å²) in [6.45, 7) is 3.33. The van der Waals surface area contributed by atoms with Crippen LogP contribution in [0.3, 0.4) is 0 Å². The first-order chi connectivity index (χ1) is 10.0. The number of hydrogen-bond donors (Lipinski definition) is 0. The Hall–Kier alpha value is -2.62. The first-order valence-electron chi connectivity index (χ1n) is 6.49. The van der Waals surface area contributed by atoms with Crippen molar-refractivity contribution in [1.29, 1.82) is 0 Å². The molecule has 0 heterocycles. The number of carbonyl (C=O) groups excluding carboxylic acids is 2. The van der Waals surface area contributed by atoms with E-state index in [2.05, 4.69) is 4.74 Å². The summed E-state index contributed by atoms with van der Waals surface area (Å²) < 4.78 is 10.5. The third-order valence-corrected chi connectivity index (χ3v) is 3.08. The van der Waals surface area contributed by atoms with Crippen LogP contribution in [0.25, 0.3) is 0 Å². The van der Waals surface area contributed by atoms with E-state index >= 15 is 0 Å². The maximum absolute atomic E-state index is 11.6. The molecule has 0 fully saturated rings. The Labute approximate surface area is 123 Å². The van der Waals surface area contributed by atoms with Crippen LogP contribution in [0.4, 0.5) is 0 Å². The highest BCUT2D eigenvalue weighted by molar-refractivity contribution is 5.96. The first kappa shape index (κ1) is 14.8. The van der Waals surface area contributed by atoms with Crippen LogP contribution < -0.4 is 4.74 Å². The summed E-state index contributed by atoms with van der Waals surface area (Å²) in [4.78, 5) is 23.1. The maximum atomic E-state index is 11.6. The lowest BCUT2D eigenvalue weighted by Crippen LogP contribution is -2.02. The van der Waals surface area contributed by atoms with Crippen molar-refractivity contribution in [3.63, 3.8) is 0 Å². The van der Waals surface area contributed by atoms with Crippen LogP contribution in [0.2, 0.25) is 0 Å². The van der Waals surface area contributed by atoms with Gasteiger partial charge in [-0.05, 0) is 49.7 Å². The van der Waals surface area contributed by atoms with Crippen molar-refractivity contribution in [2.45, 2.75) is 13.8 Å². The number of methoxy groups -OCH3 is 1. The quantitative estimate of drug-likeness (QED) is 0.633. The van der Waals surface area contributed by atoms with Crippen molar-refractivity contribution in [1.82, 2.24) is 0 Å². The van der Waals surface area contributed by atoms with Gasteiger partial charge in [0.25, 0.3) is 0 Å². The van der Waals surface area contributed by atoms with Gasteiger partial charge in [-0.1, -0.05) is 12.1 Å². The van der Waals surface area contributed by atoms with Crippen LogP contribution in [-0.4, -0.2) is 18.9 Å². The summed E-state index contributed by atoms with van der Waals surface area (Å²) in [6, 6.07) is 12.1. The lowest BCUT2D eigenvalue weighted by atomic mass is 10.1. The van der Waals surface area contributed by atoms with Gasteiger partial charge in [0.05, 0.1) is 18.2 Å². The second kappa shape index (κ2) is 6.22. The Bertz CT molecular complexity index is 689.